The number of nitrogens with zero attached hydrogens (tertiary/aromatic N) is 2. The Bertz CT molecular complexity index is 974. The highest BCUT2D eigenvalue weighted by atomic mass is 32.2. The van der Waals surface area contributed by atoms with Crippen LogP contribution in [-0.2, 0) is 11.0 Å². The zero-order valence-electron chi connectivity index (χ0n) is 18.8. The van der Waals surface area contributed by atoms with Crippen molar-refractivity contribution in [3.05, 3.63) is 48.0 Å². The van der Waals surface area contributed by atoms with Crippen LogP contribution in [0.3, 0.4) is 0 Å². The summed E-state index contributed by atoms with van der Waals surface area (Å²) in [6.45, 7) is 5.87. The molecule has 0 atom stereocenters. The average Bonchev–Trinajstić information content (AvgIpc) is 2.78. The Balaban J connectivity index is 1.37. The van der Waals surface area contributed by atoms with Crippen LogP contribution in [0.15, 0.2) is 52.3 Å². The van der Waals surface area contributed by atoms with Crippen molar-refractivity contribution in [3.63, 3.8) is 0 Å². The fraction of sp³-hybridized carbons (Fsp3) is 0.480. The van der Waals surface area contributed by atoms with Crippen molar-refractivity contribution in [2.75, 3.05) is 37.6 Å². The van der Waals surface area contributed by atoms with Crippen LogP contribution in [0.1, 0.15) is 38.2 Å². The van der Waals surface area contributed by atoms with E-state index in [9.17, 15) is 18.0 Å². The van der Waals surface area contributed by atoms with Crippen LogP contribution >= 0.6 is 11.8 Å². The predicted octanol–water partition coefficient (Wildman–Crippen LogP) is 5.94. The van der Waals surface area contributed by atoms with Gasteiger partial charge in [0.2, 0.25) is 5.91 Å². The van der Waals surface area contributed by atoms with Gasteiger partial charge in [-0.3, -0.25) is 4.79 Å². The zero-order chi connectivity index (χ0) is 23.4. The van der Waals surface area contributed by atoms with Crippen LogP contribution in [0.25, 0.3) is 0 Å². The Morgan fingerprint density at radius 2 is 1.79 bits per heavy atom. The molecule has 0 unspecified atom stereocenters. The summed E-state index contributed by atoms with van der Waals surface area (Å²) in [5, 5.41) is 2.85. The number of nitrogens with one attached hydrogen (secondary N) is 1. The Morgan fingerprint density at radius 1 is 1.06 bits per heavy atom. The van der Waals surface area contributed by atoms with Gasteiger partial charge in [0.15, 0.2) is 0 Å². The molecular weight excluding hydrogens is 447 g/mol. The minimum Gasteiger partial charge on any atom is -0.355 e. The third-order valence-corrected chi connectivity index (χ3v) is 7.59. The van der Waals surface area contributed by atoms with Gasteiger partial charge < -0.3 is 15.1 Å². The summed E-state index contributed by atoms with van der Waals surface area (Å²) >= 11 is 1.53. The zero-order valence-corrected chi connectivity index (χ0v) is 19.6. The highest BCUT2D eigenvalue weighted by Gasteiger charge is 2.33. The topological polar surface area (TPSA) is 35.6 Å². The van der Waals surface area contributed by atoms with Crippen molar-refractivity contribution in [1.29, 1.82) is 0 Å². The number of benzene rings is 2. The van der Waals surface area contributed by atoms with Crippen molar-refractivity contribution >= 4 is 29.0 Å². The first-order valence-electron chi connectivity index (χ1n) is 11.5. The molecule has 178 valence electrons. The number of carbonyl (C=O) groups excluding carboxylic acids is 1. The summed E-state index contributed by atoms with van der Waals surface area (Å²) in [5.41, 5.74) is 1.04. The van der Waals surface area contributed by atoms with Crippen molar-refractivity contribution in [2.45, 2.75) is 48.6 Å². The number of hydrogen-bond acceptors (Lipinski definition) is 4. The molecule has 1 amide bonds. The summed E-state index contributed by atoms with van der Waals surface area (Å²) in [6, 6.07) is 12.0. The number of hydrogen-bond donors (Lipinski definition) is 1. The van der Waals surface area contributed by atoms with Crippen LogP contribution < -0.4 is 10.2 Å². The lowest BCUT2D eigenvalue weighted by Crippen LogP contribution is -2.39. The Hall–Kier alpha value is -2.19. The SMILES string of the molecule is CC(=O)NCCN1CCC(CCCN2c3ccccc3Sc3ccc(C(F)(F)F)cc32)CC1. The number of halogens is 3. The molecule has 2 aromatic carbocycles. The molecule has 2 aliphatic heterocycles. The maximum absolute atomic E-state index is 13.4. The van der Waals surface area contributed by atoms with E-state index in [2.05, 4.69) is 15.1 Å². The fourth-order valence-electron chi connectivity index (χ4n) is 4.67. The number of amides is 1. The van der Waals surface area contributed by atoms with Crippen molar-refractivity contribution < 1.29 is 18.0 Å². The van der Waals surface area contributed by atoms with Crippen molar-refractivity contribution in [2.24, 2.45) is 5.92 Å². The lowest BCUT2D eigenvalue weighted by atomic mass is 9.92. The van der Waals surface area contributed by atoms with Gasteiger partial charge in [0.1, 0.15) is 0 Å². The minimum atomic E-state index is -4.35. The van der Waals surface area contributed by atoms with Crippen LogP contribution in [0.2, 0.25) is 0 Å². The van der Waals surface area contributed by atoms with Crippen molar-refractivity contribution in [3.8, 4) is 0 Å². The number of carbonyl (C=O) groups is 1. The Morgan fingerprint density at radius 3 is 2.52 bits per heavy atom. The second-order valence-corrected chi connectivity index (χ2v) is 9.90. The second-order valence-electron chi connectivity index (χ2n) is 8.81. The molecule has 1 fully saturated rings. The molecule has 2 aromatic rings. The van der Waals surface area contributed by atoms with E-state index < -0.39 is 11.7 Å². The van der Waals surface area contributed by atoms with E-state index in [1.54, 1.807) is 6.07 Å². The summed E-state index contributed by atoms with van der Waals surface area (Å²) in [6.07, 6.45) is -0.0935. The molecule has 33 heavy (non-hydrogen) atoms. The maximum Gasteiger partial charge on any atom is 0.416 e. The number of para-hydroxylation sites is 1. The molecule has 0 radical (unpaired) electrons. The van der Waals surface area contributed by atoms with E-state index in [-0.39, 0.29) is 5.91 Å². The summed E-state index contributed by atoms with van der Waals surface area (Å²) in [4.78, 5) is 17.4. The summed E-state index contributed by atoms with van der Waals surface area (Å²) < 4.78 is 40.1. The molecule has 0 saturated carbocycles. The Kier molecular flexibility index (Phi) is 7.54. The van der Waals surface area contributed by atoms with Crippen LogP contribution in [0.5, 0.6) is 0 Å². The minimum absolute atomic E-state index is 0.00602. The highest BCUT2D eigenvalue weighted by molar-refractivity contribution is 7.99. The van der Waals surface area contributed by atoms with E-state index in [4.69, 9.17) is 0 Å². The number of rotatable bonds is 7. The molecule has 0 aliphatic carbocycles. The molecule has 2 heterocycles. The Labute approximate surface area is 197 Å². The first-order valence-corrected chi connectivity index (χ1v) is 12.4. The average molecular weight is 478 g/mol. The highest BCUT2D eigenvalue weighted by Crippen LogP contribution is 2.49. The number of alkyl halides is 3. The molecule has 0 bridgehead atoms. The van der Waals surface area contributed by atoms with Crippen LogP contribution in [0.4, 0.5) is 24.5 Å². The molecular formula is C25H30F3N3OS. The largest absolute Gasteiger partial charge is 0.416 e. The number of likely N-dealkylation sites (tertiary alicyclic amines) is 1. The summed E-state index contributed by atoms with van der Waals surface area (Å²) in [7, 11) is 0. The van der Waals surface area contributed by atoms with Crippen LogP contribution in [0, 0.1) is 5.92 Å². The maximum atomic E-state index is 13.4. The van der Waals surface area contributed by atoms with Crippen LogP contribution in [-0.4, -0.2) is 43.5 Å². The quantitative estimate of drug-likeness (QED) is 0.536. The van der Waals surface area contributed by atoms with Gasteiger partial charge in [-0.05, 0) is 75.0 Å². The molecule has 4 rings (SSSR count). The summed E-state index contributed by atoms with van der Waals surface area (Å²) in [5.74, 6) is 0.643. The van der Waals surface area contributed by atoms with Gasteiger partial charge in [-0.2, -0.15) is 13.2 Å². The van der Waals surface area contributed by atoms with Gasteiger partial charge in [-0.1, -0.05) is 23.9 Å². The normalized spacial score (nSPS) is 16.9. The molecule has 1 N–H and O–H groups in total. The predicted molar refractivity (Wildman–Crippen MR) is 126 cm³/mol. The smallest absolute Gasteiger partial charge is 0.355 e. The number of anilines is 2. The first kappa shape index (κ1) is 24.0. The van der Waals surface area contributed by atoms with E-state index in [0.29, 0.717) is 24.7 Å². The lowest BCUT2D eigenvalue weighted by Gasteiger charge is -2.35. The standard InChI is InChI=1S/C25H30F3N3OS/c1-18(32)29-12-16-30-14-10-19(11-15-30)5-4-13-31-21-6-2-3-7-23(21)33-24-9-8-20(17-22(24)31)25(26,27)28/h2-3,6-9,17,19H,4-5,10-16H2,1H3,(H,29,32). The third-order valence-electron chi connectivity index (χ3n) is 6.46. The second kappa shape index (κ2) is 10.4. The third kappa shape index (κ3) is 6.03. The van der Waals surface area contributed by atoms with E-state index in [1.165, 1.54) is 30.8 Å². The van der Waals surface area contributed by atoms with Crippen molar-refractivity contribution in [1.82, 2.24) is 10.2 Å². The first-order chi connectivity index (χ1) is 15.8. The van der Waals surface area contributed by atoms with Gasteiger partial charge in [-0.15, -0.1) is 0 Å². The van der Waals surface area contributed by atoms with E-state index >= 15 is 0 Å². The molecule has 1 saturated heterocycles. The molecule has 4 nitrogen and oxygen atoms in total. The number of piperidine rings is 1. The van der Waals surface area contributed by atoms with E-state index in [0.717, 1.165) is 60.8 Å². The number of fused-ring (bicyclic) bond motifs is 2. The van der Waals surface area contributed by atoms with E-state index in [1.807, 2.05) is 24.3 Å². The monoisotopic (exact) mass is 477 g/mol. The lowest BCUT2D eigenvalue weighted by molar-refractivity contribution is -0.137. The molecule has 2 aliphatic rings. The molecule has 0 spiro atoms. The molecule has 0 aromatic heterocycles. The van der Waals surface area contributed by atoms with Gasteiger partial charge in [-0.25, -0.2) is 0 Å². The van der Waals surface area contributed by atoms with Gasteiger partial charge in [0.25, 0.3) is 0 Å². The van der Waals surface area contributed by atoms with Gasteiger partial charge in [0, 0.05) is 36.3 Å². The molecule has 8 heteroatoms. The van der Waals surface area contributed by atoms with Gasteiger partial charge in [0.05, 0.1) is 16.9 Å². The fourth-order valence-corrected chi connectivity index (χ4v) is 5.75. The van der Waals surface area contributed by atoms with Gasteiger partial charge >= 0.3 is 6.18 Å².